The van der Waals surface area contributed by atoms with Crippen LogP contribution in [-0.2, 0) is 16.4 Å². The molecular formula is C18H30N2O2S2. The average Bonchev–Trinajstić information content (AvgIpc) is 2.53. The van der Waals surface area contributed by atoms with E-state index in [4.69, 9.17) is 12.2 Å². The molecule has 2 N–H and O–H groups in total. The lowest BCUT2D eigenvalue weighted by atomic mass is 10.1. The molecule has 0 bridgehead atoms. The number of rotatable bonds is 11. The van der Waals surface area contributed by atoms with E-state index in [1.165, 1.54) is 18.4 Å². The van der Waals surface area contributed by atoms with E-state index in [9.17, 15) is 8.42 Å². The molecule has 0 amide bonds. The molecular weight excluding hydrogens is 340 g/mol. The van der Waals surface area contributed by atoms with Gasteiger partial charge in [0.25, 0.3) is 0 Å². The first-order valence-electron chi connectivity index (χ1n) is 8.72. The Morgan fingerprint density at radius 2 is 1.79 bits per heavy atom. The molecule has 0 saturated heterocycles. The smallest absolute Gasteiger partial charge is 0.213 e. The van der Waals surface area contributed by atoms with Crippen LogP contribution < -0.4 is 10.0 Å². The second-order valence-corrected chi connectivity index (χ2v) is 9.11. The van der Waals surface area contributed by atoms with Crippen LogP contribution in [0.3, 0.4) is 0 Å². The van der Waals surface area contributed by atoms with Crippen molar-refractivity contribution in [2.75, 3.05) is 11.9 Å². The number of hydrogen-bond donors (Lipinski definition) is 2. The Hall–Kier alpha value is -0.980. The Morgan fingerprint density at radius 1 is 1.12 bits per heavy atom. The minimum Gasteiger partial charge on any atom is -0.350 e. The SMILES string of the molecule is CCCCc1ccc(NC(=S)CCCCNS(=O)(=O)C(C)C)cc1. The van der Waals surface area contributed by atoms with Gasteiger partial charge in [0.05, 0.1) is 10.2 Å². The van der Waals surface area contributed by atoms with Crippen molar-refractivity contribution in [2.45, 2.75) is 64.5 Å². The Labute approximate surface area is 152 Å². The number of anilines is 1. The molecule has 1 aromatic carbocycles. The van der Waals surface area contributed by atoms with Crippen molar-refractivity contribution in [3.8, 4) is 0 Å². The number of thiocarbonyl (C=S) groups is 1. The van der Waals surface area contributed by atoms with Crippen LogP contribution in [0.25, 0.3) is 0 Å². The van der Waals surface area contributed by atoms with Gasteiger partial charge < -0.3 is 5.32 Å². The summed E-state index contributed by atoms with van der Waals surface area (Å²) in [6.45, 7) is 6.02. The molecule has 0 radical (unpaired) electrons. The molecule has 4 nitrogen and oxygen atoms in total. The molecule has 6 heteroatoms. The highest BCUT2D eigenvalue weighted by Gasteiger charge is 2.13. The van der Waals surface area contributed by atoms with Crippen LogP contribution in [0.5, 0.6) is 0 Å². The van der Waals surface area contributed by atoms with Crippen molar-refractivity contribution in [1.29, 1.82) is 0 Å². The molecule has 0 spiro atoms. The lowest BCUT2D eigenvalue weighted by Gasteiger charge is -2.10. The quantitative estimate of drug-likeness (QED) is 0.451. The van der Waals surface area contributed by atoms with Gasteiger partial charge in [-0.1, -0.05) is 37.7 Å². The van der Waals surface area contributed by atoms with Crippen LogP contribution >= 0.6 is 12.2 Å². The monoisotopic (exact) mass is 370 g/mol. The maximum absolute atomic E-state index is 11.6. The van der Waals surface area contributed by atoms with Crippen molar-refractivity contribution in [1.82, 2.24) is 4.72 Å². The highest BCUT2D eigenvalue weighted by atomic mass is 32.2. The number of nitrogens with one attached hydrogen (secondary N) is 2. The van der Waals surface area contributed by atoms with Crippen molar-refractivity contribution in [3.05, 3.63) is 29.8 Å². The molecule has 24 heavy (non-hydrogen) atoms. The van der Waals surface area contributed by atoms with E-state index in [0.29, 0.717) is 6.54 Å². The fourth-order valence-corrected chi connectivity index (χ4v) is 3.18. The first-order chi connectivity index (χ1) is 11.3. The third-order valence-electron chi connectivity index (χ3n) is 3.81. The van der Waals surface area contributed by atoms with Gasteiger partial charge in [-0.05, 0) is 63.6 Å². The molecule has 0 heterocycles. The first kappa shape index (κ1) is 21.1. The highest BCUT2D eigenvalue weighted by Crippen LogP contribution is 2.13. The van der Waals surface area contributed by atoms with Gasteiger partial charge in [0, 0.05) is 12.2 Å². The van der Waals surface area contributed by atoms with Crippen LogP contribution in [0.1, 0.15) is 58.4 Å². The zero-order valence-corrected chi connectivity index (χ0v) is 16.6. The Bertz CT molecular complexity index is 596. The number of aryl methyl sites for hydroxylation is 1. The summed E-state index contributed by atoms with van der Waals surface area (Å²) in [5.41, 5.74) is 2.37. The number of unbranched alkanes of at least 4 members (excludes halogenated alkanes) is 2. The first-order valence-corrected chi connectivity index (χ1v) is 10.7. The van der Waals surface area contributed by atoms with E-state index in [1.54, 1.807) is 13.8 Å². The molecule has 0 atom stereocenters. The number of sulfonamides is 1. The Morgan fingerprint density at radius 3 is 2.38 bits per heavy atom. The lowest BCUT2D eigenvalue weighted by molar-refractivity contribution is 0.568. The van der Waals surface area contributed by atoms with E-state index >= 15 is 0 Å². The number of benzene rings is 1. The predicted molar refractivity (Wildman–Crippen MR) is 107 cm³/mol. The summed E-state index contributed by atoms with van der Waals surface area (Å²) >= 11 is 5.35. The van der Waals surface area contributed by atoms with Crippen molar-refractivity contribution < 1.29 is 8.42 Å². The molecule has 0 saturated carbocycles. The van der Waals surface area contributed by atoms with Gasteiger partial charge in [0.2, 0.25) is 10.0 Å². The van der Waals surface area contributed by atoms with Crippen LogP contribution in [0.15, 0.2) is 24.3 Å². The molecule has 0 aliphatic heterocycles. The maximum atomic E-state index is 11.6. The third kappa shape index (κ3) is 8.22. The van der Waals surface area contributed by atoms with E-state index in [0.717, 1.165) is 36.4 Å². The molecule has 0 aromatic heterocycles. The topological polar surface area (TPSA) is 58.2 Å². The fraction of sp³-hybridized carbons (Fsp3) is 0.611. The standard InChI is InChI=1S/C18H30N2O2S2/c1-4-5-8-16-10-12-17(13-11-16)20-18(23)9-6-7-14-19-24(21,22)15(2)3/h10-13,15,19H,4-9,14H2,1-3H3,(H,20,23). The van der Waals surface area contributed by atoms with Crippen LogP contribution in [0.4, 0.5) is 5.69 Å². The Kier molecular flexibility index (Phi) is 9.48. The predicted octanol–water partition coefficient (Wildman–Crippen LogP) is 4.27. The molecule has 0 aliphatic rings. The summed E-state index contributed by atoms with van der Waals surface area (Å²) in [7, 11) is -3.16. The fourth-order valence-electron chi connectivity index (χ4n) is 2.15. The van der Waals surface area contributed by atoms with E-state index in [2.05, 4.69) is 41.2 Å². The van der Waals surface area contributed by atoms with Gasteiger partial charge in [-0.15, -0.1) is 0 Å². The van der Waals surface area contributed by atoms with Crippen LogP contribution in [-0.4, -0.2) is 25.2 Å². The average molecular weight is 371 g/mol. The van der Waals surface area contributed by atoms with Crippen molar-refractivity contribution in [2.24, 2.45) is 0 Å². The van der Waals surface area contributed by atoms with Gasteiger partial charge in [-0.2, -0.15) is 0 Å². The van der Waals surface area contributed by atoms with Crippen LogP contribution in [0.2, 0.25) is 0 Å². The molecule has 0 fully saturated rings. The minimum absolute atomic E-state index is 0.388. The second-order valence-electron chi connectivity index (χ2n) is 6.29. The van der Waals surface area contributed by atoms with Gasteiger partial charge in [-0.3, -0.25) is 0 Å². The van der Waals surface area contributed by atoms with E-state index in [-0.39, 0.29) is 5.25 Å². The molecule has 0 unspecified atom stereocenters. The lowest BCUT2D eigenvalue weighted by Crippen LogP contribution is -2.31. The summed E-state index contributed by atoms with van der Waals surface area (Å²) in [6.07, 6.45) is 5.94. The zero-order valence-electron chi connectivity index (χ0n) is 15.0. The van der Waals surface area contributed by atoms with Gasteiger partial charge >= 0.3 is 0 Å². The summed E-state index contributed by atoms with van der Waals surface area (Å²) in [4.78, 5) is 0.794. The molecule has 1 aromatic rings. The van der Waals surface area contributed by atoms with Gasteiger partial charge in [0.15, 0.2) is 0 Å². The summed E-state index contributed by atoms with van der Waals surface area (Å²) in [6, 6.07) is 8.41. The number of hydrogen-bond acceptors (Lipinski definition) is 3. The minimum atomic E-state index is -3.16. The van der Waals surface area contributed by atoms with Gasteiger partial charge in [-0.25, -0.2) is 13.1 Å². The normalized spacial score (nSPS) is 11.7. The largest absolute Gasteiger partial charge is 0.350 e. The summed E-state index contributed by atoms with van der Waals surface area (Å²) < 4.78 is 25.8. The summed E-state index contributed by atoms with van der Waals surface area (Å²) in [5.74, 6) is 0. The summed E-state index contributed by atoms with van der Waals surface area (Å²) in [5, 5.41) is 2.85. The molecule has 1 rings (SSSR count). The molecule has 0 aliphatic carbocycles. The molecule has 136 valence electrons. The van der Waals surface area contributed by atoms with Gasteiger partial charge in [0.1, 0.15) is 0 Å². The second kappa shape index (κ2) is 10.8. The maximum Gasteiger partial charge on any atom is 0.213 e. The van der Waals surface area contributed by atoms with Crippen LogP contribution in [0, 0.1) is 0 Å². The Balaban J connectivity index is 2.24. The van der Waals surface area contributed by atoms with E-state index < -0.39 is 10.0 Å². The highest BCUT2D eigenvalue weighted by molar-refractivity contribution is 7.90. The third-order valence-corrected chi connectivity index (χ3v) is 5.97. The van der Waals surface area contributed by atoms with Crippen molar-refractivity contribution >= 4 is 32.9 Å². The van der Waals surface area contributed by atoms with Crippen molar-refractivity contribution in [3.63, 3.8) is 0 Å². The zero-order chi connectivity index (χ0) is 18.0. The van der Waals surface area contributed by atoms with E-state index in [1.807, 2.05) is 0 Å².